The van der Waals surface area contributed by atoms with Crippen molar-refractivity contribution in [1.29, 1.82) is 0 Å². The van der Waals surface area contributed by atoms with Crippen LogP contribution in [0.25, 0.3) is 0 Å². The highest BCUT2D eigenvalue weighted by Crippen LogP contribution is 2.12. The predicted octanol–water partition coefficient (Wildman–Crippen LogP) is 3.07. The van der Waals surface area contributed by atoms with Crippen LogP contribution < -0.4 is 5.32 Å². The summed E-state index contributed by atoms with van der Waals surface area (Å²) in [6.07, 6.45) is 0. The Morgan fingerprint density at radius 1 is 1.27 bits per heavy atom. The highest BCUT2D eigenvalue weighted by atomic mass is 127. The Labute approximate surface area is 105 Å². The van der Waals surface area contributed by atoms with Gasteiger partial charge < -0.3 is 5.32 Å². The maximum atomic E-state index is 11.9. The van der Waals surface area contributed by atoms with Crippen LogP contribution in [0.3, 0.4) is 0 Å². The Balaban J connectivity index is 2.74. The van der Waals surface area contributed by atoms with Crippen molar-refractivity contribution in [3.8, 4) is 0 Å². The van der Waals surface area contributed by atoms with E-state index in [0.717, 1.165) is 9.13 Å². The summed E-state index contributed by atoms with van der Waals surface area (Å²) in [4.78, 5) is 11.9. The molecule has 1 aromatic rings. The van der Waals surface area contributed by atoms with Crippen molar-refractivity contribution in [2.75, 3.05) is 0 Å². The monoisotopic (exact) mass is 317 g/mol. The minimum absolute atomic E-state index is 0.0150. The van der Waals surface area contributed by atoms with Crippen LogP contribution in [0, 0.1) is 9.49 Å². The van der Waals surface area contributed by atoms with E-state index in [1.807, 2.05) is 31.2 Å². The van der Waals surface area contributed by atoms with Crippen LogP contribution in [-0.4, -0.2) is 11.9 Å². The summed E-state index contributed by atoms with van der Waals surface area (Å²) < 4.78 is 0.989. The summed E-state index contributed by atoms with van der Waals surface area (Å²) in [6.45, 7) is 6.22. The van der Waals surface area contributed by atoms with E-state index in [2.05, 4.69) is 41.8 Å². The number of carbonyl (C=O) groups is 1. The van der Waals surface area contributed by atoms with Crippen molar-refractivity contribution >= 4 is 28.5 Å². The smallest absolute Gasteiger partial charge is 0.252 e. The molecule has 0 fully saturated rings. The molecule has 1 N–H and O–H groups in total. The summed E-state index contributed by atoms with van der Waals surface area (Å²) in [7, 11) is 0. The largest absolute Gasteiger partial charge is 0.349 e. The molecule has 0 unspecified atom stereocenters. The van der Waals surface area contributed by atoms with Gasteiger partial charge in [-0.3, -0.25) is 4.79 Å². The second-order valence-corrected chi connectivity index (χ2v) is 5.15. The summed E-state index contributed by atoms with van der Waals surface area (Å²) in [5, 5.41) is 2.99. The topological polar surface area (TPSA) is 29.1 Å². The van der Waals surface area contributed by atoms with Crippen LogP contribution in [0.5, 0.6) is 0 Å². The number of halogens is 1. The summed E-state index contributed by atoms with van der Waals surface area (Å²) >= 11 is 2.18. The van der Waals surface area contributed by atoms with Crippen LogP contribution in [0.1, 0.15) is 31.1 Å². The molecule has 1 aromatic carbocycles. The molecule has 0 heterocycles. The van der Waals surface area contributed by atoms with Gasteiger partial charge in [0.1, 0.15) is 0 Å². The van der Waals surface area contributed by atoms with Crippen LogP contribution >= 0.6 is 22.6 Å². The van der Waals surface area contributed by atoms with Gasteiger partial charge in [0.05, 0.1) is 5.56 Å². The summed E-state index contributed by atoms with van der Waals surface area (Å²) in [5.41, 5.74) is 0.755. The Hall–Kier alpha value is -0.580. The lowest BCUT2D eigenvalue weighted by Crippen LogP contribution is -2.36. The van der Waals surface area contributed by atoms with Crippen molar-refractivity contribution in [1.82, 2.24) is 5.32 Å². The molecule has 2 nitrogen and oxygen atoms in total. The number of hydrogen-bond donors (Lipinski definition) is 1. The van der Waals surface area contributed by atoms with Crippen LogP contribution in [0.2, 0.25) is 0 Å². The lowest BCUT2D eigenvalue weighted by molar-refractivity contribution is 0.0929. The first-order valence-electron chi connectivity index (χ1n) is 5.07. The molecule has 0 aliphatic carbocycles. The van der Waals surface area contributed by atoms with Gasteiger partial charge in [0.2, 0.25) is 0 Å². The minimum atomic E-state index is 0.0150. The molecule has 0 bridgehead atoms. The predicted molar refractivity (Wildman–Crippen MR) is 70.9 cm³/mol. The van der Waals surface area contributed by atoms with E-state index >= 15 is 0 Å². The maximum Gasteiger partial charge on any atom is 0.252 e. The number of amides is 1. The van der Waals surface area contributed by atoms with Gasteiger partial charge in [-0.2, -0.15) is 0 Å². The lowest BCUT2D eigenvalue weighted by Gasteiger charge is -2.17. The molecule has 0 aliphatic rings. The minimum Gasteiger partial charge on any atom is -0.349 e. The molecule has 0 saturated heterocycles. The molecule has 1 amide bonds. The molecule has 1 atom stereocenters. The Morgan fingerprint density at radius 3 is 2.40 bits per heavy atom. The zero-order chi connectivity index (χ0) is 11.4. The van der Waals surface area contributed by atoms with E-state index in [0.29, 0.717) is 5.92 Å². The lowest BCUT2D eigenvalue weighted by atomic mass is 10.1. The zero-order valence-electron chi connectivity index (χ0n) is 9.25. The molecule has 3 heteroatoms. The van der Waals surface area contributed by atoms with Gasteiger partial charge >= 0.3 is 0 Å². The number of nitrogens with one attached hydrogen (secondary N) is 1. The maximum absolute atomic E-state index is 11.9. The first kappa shape index (κ1) is 12.5. The first-order valence-corrected chi connectivity index (χ1v) is 6.15. The molecule has 1 rings (SSSR count). The molecule has 0 aromatic heterocycles. The standard InChI is InChI=1S/C12H16INO/c1-8(2)9(3)14-12(15)10-6-4-5-7-11(10)13/h4-9H,1-3H3,(H,14,15)/t9-/m0/s1. The van der Waals surface area contributed by atoms with E-state index in [-0.39, 0.29) is 11.9 Å². The van der Waals surface area contributed by atoms with Crippen molar-refractivity contribution in [2.24, 2.45) is 5.92 Å². The van der Waals surface area contributed by atoms with Crippen molar-refractivity contribution in [3.05, 3.63) is 33.4 Å². The number of rotatable bonds is 3. The van der Waals surface area contributed by atoms with Crippen LogP contribution in [-0.2, 0) is 0 Å². The molecule has 0 saturated carbocycles. The SMILES string of the molecule is CC(C)[C@H](C)NC(=O)c1ccccc1I. The second-order valence-electron chi connectivity index (χ2n) is 3.99. The fourth-order valence-electron chi connectivity index (χ4n) is 1.10. The number of hydrogen-bond acceptors (Lipinski definition) is 1. The Bertz CT molecular complexity index is 349. The van der Waals surface area contributed by atoms with Gasteiger partial charge in [-0.25, -0.2) is 0 Å². The average molecular weight is 317 g/mol. The van der Waals surface area contributed by atoms with Crippen LogP contribution in [0.15, 0.2) is 24.3 Å². The van der Waals surface area contributed by atoms with Crippen molar-refractivity contribution < 1.29 is 4.79 Å². The third kappa shape index (κ3) is 3.48. The highest BCUT2D eigenvalue weighted by molar-refractivity contribution is 14.1. The Morgan fingerprint density at radius 2 is 1.87 bits per heavy atom. The van der Waals surface area contributed by atoms with E-state index in [4.69, 9.17) is 0 Å². The molecule has 0 aliphatic heterocycles. The van der Waals surface area contributed by atoms with Gasteiger partial charge in [0.15, 0.2) is 0 Å². The summed E-state index contributed by atoms with van der Waals surface area (Å²) in [5.74, 6) is 0.469. The highest BCUT2D eigenvalue weighted by Gasteiger charge is 2.13. The Kier molecular flexibility index (Phi) is 4.57. The average Bonchev–Trinajstić information content (AvgIpc) is 2.18. The molecule has 0 spiro atoms. The summed E-state index contributed by atoms with van der Waals surface area (Å²) in [6, 6.07) is 7.81. The molecule has 0 radical (unpaired) electrons. The normalized spacial score (nSPS) is 12.6. The van der Waals surface area contributed by atoms with Gasteiger partial charge in [-0.15, -0.1) is 0 Å². The van der Waals surface area contributed by atoms with Crippen molar-refractivity contribution in [2.45, 2.75) is 26.8 Å². The molecular formula is C12H16INO. The molecular weight excluding hydrogens is 301 g/mol. The number of carbonyl (C=O) groups excluding carboxylic acids is 1. The van der Waals surface area contributed by atoms with Crippen molar-refractivity contribution in [3.63, 3.8) is 0 Å². The van der Waals surface area contributed by atoms with E-state index < -0.39 is 0 Å². The fraction of sp³-hybridized carbons (Fsp3) is 0.417. The van der Waals surface area contributed by atoms with Gasteiger partial charge in [-0.1, -0.05) is 26.0 Å². The second kappa shape index (κ2) is 5.49. The van der Waals surface area contributed by atoms with Crippen LogP contribution in [0.4, 0.5) is 0 Å². The third-order valence-electron chi connectivity index (χ3n) is 2.48. The molecule has 82 valence electrons. The third-order valence-corrected chi connectivity index (χ3v) is 3.42. The number of benzene rings is 1. The van der Waals surface area contributed by atoms with Gasteiger partial charge in [0, 0.05) is 9.61 Å². The van der Waals surface area contributed by atoms with E-state index in [9.17, 15) is 4.79 Å². The first-order chi connectivity index (χ1) is 7.02. The van der Waals surface area contributed by atoms with Gasteiger partial charge in [0.25, 0.3) is 5.91 Å². The van der Waals surface area contributed by atoms with E-state index in [1.165, 1.54) is 0 Å². The van der Waals surface area contributed by atoms with Gasteiger partial charge in [-0.05, 0) is 47.6 Å². The quantitative estimate of drug-likeness (QED) is 0.853. The zero-order valence-corrected chi connectivity index (χ0v) is 11.4. The molecule has 15 heavy (non-hydrogen) atoms. The van der Waals surface area contributed by atoms with E-state index in [1.54, 1.807) is 0 Å². The fourth-order valence-corrected chi connectivity index (χ4v) is 1.73.